The van der Waals surface area contributed by atoms with Gasteiger partial charge in [0.2, 0.25) is 0 Å². The van der Waals surface area contributed by atoms with E-state index in [9.17, 15) is 4.79 Å². The van der Waals surface area contributed by atoms with Gasteiger partial charge in [-0.3, -0.25) is 0 Å². The lowest BCUT2D eigenvalue weighted by atomic mass is 9.92. The summed E-state index contributed by atoms with van der Waals surface area (Å²) in [6.45, 7) is 7.71. The molecule has 1 aliphatic rings. The highest BCUT2D eigenvalue weighted by atomic mass is 16.6. The Morgan fingerprint density at radius 1 is 1.42 bits per heavy atom. The molecule has 19 heavy (non-hydrogen) atoms. The van der Waals surface area contributed by atoms with Crippen LogP contribution in [0.1, 0.15) is 49.7 Å². The minimum atomic E-state index is -0.472. The second-order valence-electron chi connectivity index (χ2n) is 6.16. The molecular weight excluding hydrogens is 242 g/mol. The first-order valence-electron chi connectivity index (χ1n) is 6.96. The lowest BCUT2D eigenvalue weighted by molar-refractivity contribution is 0.00669. The molecule has 1 aliphatic heterocycles. The first kappa shape index (κ1) is 14.1. The summed E-state index contributed by atoms with van der Waals surface area (Å²) in [5.74, 6) is 1.07. The van der Waals surface area contributed by atoms with Gasteiger partial charge >= 0.3 is 5.97 Å². The second kappa shape index (κ2) is 5.78. The van der Waals surface area contributed by atoms with Gasteiger partial charge in [0.1, 0.15) is 16.9 Å². The smallest absolute Gasteiger partial charge is 0.342 e. The number of esters is 1. The van der Waals surface area contributed by atoms with Crippen molar-refractivity contribution in [1.29, 1.82) is 0 Å². The van der Waals surface area contributed by atoms with Crippen LogP contribution in [0, 0.1) is 5.92 Å². The fraction of sp³-hybridized carbons (Fsp3) is 0.667. The molecule has 2 rings (SSSR count). The van der Waals surface area contributed by atoms with Gasteiger partial charge in [-0.1, -0.05) is 0 Å². The normalized spacial score (nSPS) is 17.4. The van der Waals surface area contributed by atoms with E-state index >= 15 is 0 Å². The molecular formula is C15H23NO3. The molecule has 0 saturated carbocycles. The number of carbonyl (C=O) groups is 1. The van der Waals surface area contributed by atoms with Crippen LogP contribution in [0.25, 0.3) is 0 Å². The van der Waals surface area contributed by atoms with E-state index < -0.39 is 5.60 Å². The highest BCUT2D eigenvalue weighted by Crippen LogP contribution is 2.23. The molecule has 4 nitrogen and oxygen atoms in total. The maximum atomic E-state index is 12.1. The number of nitrogens with one attached hydrogen (secondary N) is 1. The van der Waals surface area contributed by atoms with Crippen molar-refractivity contribution in [1.82, 2.24) is 5.32 Å². The number of hydrogen-bond acceptors (Lipinski definition) is 4. The standard InChI is InChI=1S/C15H23NO3/c1-15(2,3)19-14(17)12-6-9-18-13(12)10-11-4-7-16-8-5-11/h6,9,11,16H,4-5,7-8,10H2,1-3H3. The van der Waals surface area contributed by atoms with Crippen molar-refractivity contribution in [3.8, 4) is 0 Å². The molecule has 0 unspecified atom stereocenters. The van der Waals surface area contributed by atoms with E-state index in [-0.39, 0.29) is 5.97 Å². The van der Waals surface area contributed by atoms with E-state index in [1.165, 1.54) is 0 Å². The van der Waals surface area contributed by atoms with Crippen molar-refractivity contribution in [3.05, 3.63) is 23.7 Å². The number of furan rings is 1. The molecule has 106 valence electrons. The zero-order valence-electron chi connectivity index (χ0n) is 12.0. The van der Waals surface area contributed by atoms with Gasteiger partial charge in [-0.25, -0.2) is 4.79 Å². The third-order valence-electron chi connectivity index (χ3n) is 3.30. The number of ether oxygens (including phenoxy) is 1. The van der Waals surface area contributed by atoms with Crippen molar-refractivity contribution in [3.63, 3.8) is 0 Å². The summed E-state index contributed by atoms with van der Waals surface area (Å²) in [6, 6.07) is 1.71. The first-order valence-corrected chi connectivity index (χ1v) is 6.96. The zero-order valence-corrected chi connectivity index (χ0v) is 12.0. The quantitative estimate of drug-likeness (QED) is 0.854. The number of rotatable bonds is 3. The lowest BCUT2D eigenvalue weighted by Gasteiger charge is -2.22. The Bertz CT molecular complexity index is 425. The predicted molar refractivity (Wildman–Crippen MR) is 73.2 cm³/mol. The average Bonchev–Trinajstić information content (AvgIpc) is 2.76. The Balaban J connectivity index is 2.02. The Morgan fingerprint density at radius 2 is 2.11 bits per heavy atom. The molecule has 4 heteroatoms. The summed E-state index contributed by atoms with van der Waals surface area (Å²) >= 11 is 0. The SMILES string of the molecule is CC(C)(C)OC(=O)c1ccoc1CC1CCNCC1. The van der Waals surface area contributed by atoms with Gasteiger partial charge in [0.15, 0.2) is 0 Å². The molecule has 1 N–H and O–H groups in total. The largest absolute Gasteiger partial charge is 0.468 e. The molecule has 1 aromatic heterocycles. The summed E-state index contributed by atoms with van der Waals surface area (Å²) in [5.41, 5.74) is 0.105. The molecule has 1 fully saturated rings. The topological polar surface area (TPSA) is 51.5 Å². The first-order chi connectivity index (χ1) is 8.96. The fourth-order valence-electron chi connectivity index (χ4n) is 2.36. The van der Waals surface area contributed by atoms with Gasteiger partial charge in [0.05, 0.1) is 6.26 Å². The highest BCUT2D eigenvalue weighted by Gasteiger charge is 2.24. The number of hydrogen-bond donors (Lipinski definition) is 1. The average molecular weight is 265 g/mol. The van der Waals surface area contributed by atoms with Crippen molar-refractivity contribution >= 4 is 5.97 Å². The number of carbonyl (C=O) groups excluding carboxylic acids is 1. The Morgan fingerprint density at radius 3 is 2.74 bits per heavy atom. The van der Waals surface area contributed by atoms with Gasteiger partial charge in [0.25, 0.3) is 0 Å². The van der Waals surface area contributed by atoms with Gasteiger partial charge in [-0.2, -0.15) is 0 Å². The van der Waals surface area contributed by atoms with E-state index in [1.807, 2.05) is 20.8 Å². The van der Waals surface area contributed by atoms with Crippen LogP contribution < -0.4 is 5.32 Å². The van der Waals surface area contributed by atoms with Crippen LogP contribution in [0.5, 0.6) is 0 Å². The third-order valence-corrected chi connectivity index (χ3v) is 3.30. The molecule has 1 aromatic rings. The van der Waals surface area contributed by atoms with Crippen molar-refractivity contribution in [2.75, 3.05) is 13.1 Å². The monoisotopic (exact) mass is 265 g/mol. The Labute approximate surface area is 114 Å². The number of piperidine rings is 1. The van der Waals surface area contributed by atoms with Gasteiger partial charge < -0.3 is 14.5 Å². The summed E-state index contributed by atoms with van der Waals surface area (Å²) < 4.78 is 10.9. The van der Waals surface area contributed by atoms with Crippen LogP contribution in [0.15, 0.2) is 16.7 Å². The minimum absolute atomic E-state index is 0.287. The maximum absolute atomic E-state index is 12.1. The van der Waals surface area contributed by atoms with Gasteiger partial charge in [0, 0.05) is 6.42 Å². The molecule has 0 aliphatic carbocycles. The van der Waals surface area contributed by atoms with Crippen molar-refractivity contribution in [2.45, 2.75) is 45.6 Å². The van der Waals surface area contributed by atoms with Gasteiger partial charge in [-0.15, -0.1) is 0 Å². The van der Waals surface area contributed by atoms with E-state index in [0.717, 1.165) is 38.1 Å². The van der Waals surface area contributed by atoms with Gasteiger partial charge in [-0.05, 0) is 58.7 Å². The van der Waals surface area contributed by atoms with E-state index in [0.29, 0.717) is 11.5 Å². The maximum Gasteiger partial charge on any atom is 0.342 e. The van der Waals surface area contributed by atoms with E-state index in [1.54, 1.807) is 12.3 Å². The molecule has 0 atom stereocenters. The summed E-state index contributed by atoms with van der Waals surface area (Å²) in [5, 5.41) is 3.34. The fourth-order valence-corrected chi connectivity index (χ4v) is 2.36. The third kappa shape index (κ3) is 4.10. The highest BCUT2D eigenvalue weighted by molar-refractivity contribution is 5.90. The predicted octanol–water partition coefficient (Wildman–Crippen LogP) is 2.78. The summed E-state index contributed by atoms with van der Waals surface area (Å²) in [7, 11) is 0. The van der Waals surface area contributed by atoms with E-state index in [2.05, 4.69) is 5.32 Å². The lowest BCUT2D eigenvalue weighted by Crippen LogP contribution is -2.29. The van der Waals surface area contributed by atoms with Crippen molar-refractivity contribution in [2.24, 2.45) is 5.92 Å². The van der Waals surface area contributed by atoms with Crippen LogP contribution in [0.2, 0.25) is 0 Å². The van der Waals surface area contributed by atoms with E-state index in [4.69, 9.17) is 9.15 Å². The molecule has 0 radical (unpaired) electrons. The Hall–Kier alpha value is -1.29. The van der Waals surface area contributed by atoms with Crippen molar-refractivity contribution < 1.29 is 13.9 Å². The molecule has 0 bridgehead atoms. The Kier molecular flexibility index (Phi) is 4.30. The van der Waals surface area contributed by atoms with Crippen LogP contribution in [-0.2, 0) is 11.2 Å². The zero-order chi connectivity index (χ0) is 13.9. The van der Waals surface area contributed by atoms with Crippen LogP contribution in [0.4, 0.5) is 0 Å². The summed E-state index contributed by atoms with van der Waals surface area (Å²) in [4.78, 5) is 12.1. The van der Waals surface area contributed by atoms with Crippen LogP contribution >= 0.6 is 0 Å². The molecule has 0 spiro atoms. The molecule has 1 saturated heterocycles. The molecule has 2 heterocycles. The van der Waals surface area contributed by atoms with Crippen LogP contribution in [-0.4, -0.2) is 24.7 Å². The second-order valence-corrected chi connectivity index (χ2v) is 6.16. The minimum Gasteiger partial charge on any atom is -0.468 e. The summed E-state index contributed by atoms with van der Waals surface area (Å²) in [6.07, 6.45) is 4.67. The molecule has 0 aromatic carbocycles. The molecule has 0 amide bonds. The van der Waals surface area contributed by atoms with Crippen LogP contribution in [0.3, 0.4) is 0 Å².